The number of carbonyl (C=O) groups is 3. The van der Waals surface area contributed by atoms with E-state index in [1.165, 1.54) is 5.56 Å². The van der Waals surface area contributed by atoms with Gasteiger partial charge in [0.2, 0.25) is 0 Å². The Morgan fingerprint density at radius 1 is 1.39 bits per heavy atom. The average molecular weight is 466 g/mol. The summed E-state index contributed by atoms with van der Waals surface area (Å²) in [5.41, 5.74) is 2.13. The van der Waals surface area contributed by atoms with E-state index in [1.54, 1.807) is 0 Å². The number of aldehydes is 1. The molecule has 1 aromatic rings. The molecule has 2 heterocycles. The molecular weight excluding hydrogens is 438 g/mol. The van der Waals surface area contributed by atoms with Gasteiger partial charge in [-0.15, -0.1) is 0 Å². The number of hydrogen-bond donors (Lipinski definition) is 2. The number of nitrogens with zero attached hydrogens (tertiary/aromatic N) is 1. The molecule has 1 amide bonds. The maximum Gasteiger partial charge on any atom is 0.258 e. The summed E-state index contributed by atoms with van der Waals surface area (Å²) in [6.07, 6.45) is 2.13. The van der Waals surface area contributed by atoms with Gasteiger partial charge in [0, 0.05) is 37.9 Å². The molecule has 0 aliphatic carbocycles. The van der Waals surface area contributed by atoms with Crippen LogP contribution in [0.5, 0.6) is 0 Å². The fourth-order valence-electron chi connectivity index (χ4n) is 3.21. The molecule has 0 radical (unpaired) electrons. The number of ether oxygens (including phenoxy) is 1. The minimum Gasteiger partial charge on any atom is -0.388 e. The Morgan fingerprint density at radius 3 is 2.71 bits per heavy atom. The summed E-state index contributed by atoms with van der Waals surface area (Å²) < 4.78 is 5.34. The van der Waals surface area contributed by atoms with E-state index in [9.17, 15) is 14.4 Å². The van der Waals surface area contributed by atoms with E-state index in [2.05, 4.69) is 34.8 Å². The molecule has 3 rings (SSSR count). The van der Waals surface area contributed by atoms with Crippen molar-refractivity contribution in [3.05, 3.63) is 51.8 Å². The quantitative estimate of drug-likeness (QED) is 0.493. The molecular formula is C22H28ClN3O4S. The summed E-state index contributed by atoms with van der Waals surface area (Å²) >= 11 is 6.50. The summed E-state index contributed by atoms with van der Waals surface area (Å²) in [6.45, 7) is 9.13. The van der Waals surface area contributed by atoms with Crippen molar-refractivity contribution in [1.29, 1.82) is 0 Å². The molecule has 31 heavy (non-hydrogen) atoms. The molecule has 1 aromatic carbocycles. The third-order valence-corrected chi connectivity index (χ3v) is 5.89. The number of thioether (sulfide) groups is 1. The highest BCUT2D eigenvalue weighted by atomic mass is 35.5. The highest BCUT2D eigenvalue weighted by Crippen LogP contribution is 2.26. The SMILES string of the molecule is C=C(Cl)SC(=C)C(=O)NC1(C=O)CCOC1.CNc1ccc2c(c1)C(=O)CN(C)CC2. The van der Waals surface area contributed by atoms with E-state index in [1.807, 2.05) is 26.2 Å². The largest absolute Gasteiger partial charge is 0.388 e. The molecule has 2 aliphatic rings. The number of carbonyl (C=O) groups excluding carboxylic acids is 3. The van der Waals surface area contributed by atoms with Gasteiger partial charge in [-0.05, 0) is 31.2 Å². The van der Waals surface area contributed by atoms with Crippen molar-refractivity contribution in [3.8, 4) is 0 Å². The number of halogens is 1. The predicted octanol–water partition coefficient (Wildman–Crippen LogP) is 2.82. The minimum atomic E-state index is -0.922. The zero-order valence-electron chi connectivity index (χ0n) is 17.8. The highest BCUT2D eigenvalue weighted by Gasteiger charge is 2.36. The molecule has 1 saturated heterocycles. The zero-order valence-corrected chi connectivity index (χ0v) is 19.4. The average Bonchev–Trinajstić information content (AvgIpc) is 3.15. The molecule has 168 valence electrons. The highest BCUT2D eigenvalue weighted by molar-refractivity contribution is 8.08. The van der Waals surface area contributed by atoms with Crippen LogP contribution in [0.1, 0.15) is 22.3 Å². The number of amides is 1. The summed E-state index contributed by atoms with van der Waals surface area (Å²) in [5, 5.41) is 5.66. The Kier molecular flexibility index (Phi) is 9.31. The number of Topliss-reactive ketones (excluding diaryl/α,β-unsaturated/α-hetero) is 1. The predicted molar refractivity (Wildman–Crippen MR) is 126 cm³/mol. The van der Waals surface area contributed by atoms with E-state index in [0.717, 1.165) is 36.0 Å². The first-order valence-corrected chi connectivity index (χ1v) is 11.0. The van der Waals surface area contributed by atoms with E-state index < -0.39 is 11.4 Å². The third kappa shape index (κ3) is 7.21. The number of nitrogens with one attached hydrogen (secondary N) is 2. The molecule has 0 aromatic heterocycles. The van der Waals surface area contributed by atoms with E-state index in [4.69, 9.17) is 16.3 Å². The number of ketones is 1. The van der Waals surface area contributed by atoms with Crippen molar-refractivity contribution >= 4 is 47.0 Å². The number of benzene rings is 1. The van der Waals surface area contributed by atoms with Crippen molar-refractivity contribution in [3.63, 3.8) is 0 Å². The molecule has 0 bridgehead atoms. The van der Waals surface area contributed by atoms with Crippen LogP contribution >= 0.6 is 23.4 Å². The Hall–Kier alpha value is -2.13. The first-order valence-electron chi connectivity index (χ1n) is 9.80. The van der Waals surface area contributed by atoms with Crippen molar-refractivity contribution in [2.24, 2.45) is 0 Å². The molecule has 2 aliphatic heterocycles. The van der Waals surface area contributed by atoms with Crippen molar-refractivity contribution in [1.82, 2.24) is 10.2 Å². The number of rotatable bonds is 6. The lowest BCUT2D eigenvalue weighted by molar-refractivity contribution is -0.123. The number of hydrogen-bond acceptors (Lipinski definition) is 7. The molecule has 7 nitrogen and oxygen atoms in total. The van der Waals surface area contributed by atoms with Crippen molar-refractivity contribution < 1.29 is 19.1 Å². The molecule has 1 atom stereocenters. The van der Waals surface area contributed by atoms with Gasteiger partial charge in [-0.3, -0.25) is 14.5 Å². The first-order chi connectivity index (χ1) is 14.7. The van der Waals surface area contributed by atoms with Gasteiger partial charge in [-0.25, -0.2) is 0 Å². The second kappa shape index (κ2) is 11.5. The molecule has 0 saturated carbocycles. The van der Waals surface area contributed by atoms with Gasteiger partial charge in [0.1, 0.15) is 11.8 Å². The molecule has 2 N–H and O–H groups in total. The Balaban J connectivity index is 0.000000220. The van der Waals surface area contributed by atoms with Crippen molar-refractivity contribution in [2.45, 2.75) is 18.4 Å². The fraction of sp³-hybridized carbons (Fsp3) is 0.409. The summed E-state index contributed by atoms with van der Waals surface area (Å²) in [4.78, 5) is 36.8. The van der Waals surface area contributed by atoms with Crippen molar-refractivity contribution in [2.75, 3.05) is 45.7 Å². The van der Waals surface area contributed by atoms with E-state index in [-0.39, 0.29) is 21.7 Å². The van der Waals surface area contributed by atoms with Crippen LogP contribution in [-0.2, 0) is 20.7 Å². The normalized spacial score (nSPS) is 20.5. The van der Waals surface area contributed by atoms with Gasteiger partial charge >= 0.3 is 0 Å². The third-order valence-electron chi connectivity index (χ3n) is 5.00. The fourth-order valence-corrected chi connectivity index (χ4v) is 3.90. The van der Waals surface area contributed by atoms with Crippen LogP contribution in [0.3, 0.4) is 0 Å². The van der Waals surface area contributed by atoms with Crippen LogP contribution in [0.25, 0.3) is 0 Å². The van der Waals surface area contributed by atoms with Crippen LogP contribution in [0, 0.1) is 0 Å². The lowest BCUT2D eigenvalue weighted by Gasteiger charge is -2.22. The van der Waals surface area contributed by atoms with Gasteiger partial charge in [0.15, 0.2) is 5.78 Å². The Labute approximate surface area is 192 Å². The van der Waals surface area contributed by atoms with E-state index in [0.29, 0.717) is 25.9 Å². The molecule has 1 unspecified atom stereocenters. The maximum absolute atomic E-state index is 11.9. The van der Waals surface area contributed by atoms with Gasteiger partial charge in [-0.1, -0.05) is 42.6 Å². The summed E-state index contributed by atoms with van der Waals surface area (Å²) in [5.74, 6) is -0.202. The van der Waals surface area contributed by atoms with Crippen LogP contribution in [0.15, 0.2) is 40.6 Å². The lowest BCUT2D eigenvalue weighted by atomic mass is 10.0. The molecule has 0 spiro atoms. The maximum atomic E-state index is 11.9. The minimum absolute atomic E-state index is 0.196. The lowest BCUT2D eigenvalue weighted by Crippen LogP contribution is -2.50. The van der Waals surface area contributed by atoms with Gasteiger partial charge < -0.3 is 20.2 Å². The molecule has 9 heteroatoms. The number of likely N-dealkylation sites (N-methyl/N-ethyl adjacent to an activating group) is 1. The zero-order chi connectivity index (χ0) is 23.0. The van der Waals surface area contributed by atoms with Crippen LogP contribution in [0.2, 0.25) is 0 Å². The Bertz CT molecular complexity index is 868. The number of fused-ring (bicyclic) bond motifs is 1. The standard InChI is InChI=1S/C12H16N2O.C10H12ClNO3S/c1-13-10-4-3-9-5-6-14(2)8-12(15)11(9)7-10;1-7(16-8(2)11)9(14)12-10(5-13)3-4-15-6-10/h3-4,7,13H,5-6,8H2,1-2H3;5H,1-4,6H2,(H,12,14). The van der Waals surface area contributed by atoms with Crippen LogP contribution in [-0.4, -0.2) is 68.8 Å². The smallest absolute Gasteiger partial charge is 0.258 e. The summed E-state index contributed by atoms with van der Waals surface area (Å²) in [7, 11) is 3.86. The topological polar surface area (TPSA) is 87.7 Å². The second-order valence-corrected chi connectivity index (χ2v) is 9.31. The molecule has 1 fully saturated rings. The van der Waals surface area contributed by atoms with Crippen LogP contribution in [0.4, 0.5) is 5.69 Å². The number of anilines is 1. The first kappa shape index (κ1) is 25.1. The van der Waals surface area contributed by atoms with Gasteiger partial charge in [-0.2, -0.15) is 0 Å². The van der Waals surface area contributed by atoms with E-state index >= 15 is 0 Å². The van der Waals surface area contributed by atoms with Gasteiger partial charge in [0.25, 0.3) is 5.91 Å². The summed E-state index contributed by atoms with van der Waals surface area (Å²) in [6, 6.07) is 6.03. The van der Waals surface area contributed by atoms with Gasteiger partial charge in [0.05, 0.1) is 22.4 Å². The van der Waals surface area contributed by atoms with Crippen LogP contribution < -0.4 is 10.6 Å². The second-order valence-electron chi connectivity index (χ2n) is 7.44. The monoisotopic (exact) mass is 465 g/mol. The Morgan fingerprint density at radius 2 is 2.13 bits per heavy atom.